The van der Waals surface area contributed by atoms with Crippen molar-refractivity contribution < 1.29 is 0 Å². The zero-order chi connectivity index (χ0) is 6.97. The van der Waals surface area contributed by atoms with Crippen molar-refractivity contribution in [2.24, 2.45) is 0 Å². The van der Waals surface area contributed by atoms with Crippen LogP contribution < -0.4 is 0 Å². The van der Waals surface area contributed by atoms with Crippen LogP contribution in [0.4, 0.5) is 0 Å². The maximum absolute atomic E-state index is 5.55. The first-order valence-electron chi connectivity index (χ1n) is 3.20. The molecule has 0 radical (unpaired) electrons. The lowest BCUT2D eigenvalue weighted by atomic mass is 10.4. The van der Waals surface area contributed by atoms with E-state index in [1.807, 2.05) is 0 Å². The van der Waals surface area contributed by atoms with E-state index in [9.17, 15) is 0 Å². The summed E-state index contributed by atoms with van der Waals surface area (Å²) in [5.41, 5.74) is 0. The molecule has 0 N–H and O–H groups in total. The van der Waals surface area contributed by atoms with Crippen molar-refractivity contribution >= 4 is 11.6 Å². The van der Waals surface area contributed by atoms with Crippen LogP contribution in [0.15, 0.2) is 6.33 Å². The van der Waals surface area contributed by atoms with Crippen molar-refractivity contribution in [1.29, 1.82) is 0 Å². The van der Waals surface area contributed by atoms with E-state index in [4.69, 9.17) is 11.6 Å². The van der Waals surface area contributed by atoms with Crippen LogP contribution >= 0.6 is 11.6 Å². The fraction of sp³-hybridized carbons (Fsp3) is 0.500. The molecule has 0 saturated heterocycles. The highest BCUT2D eigenvalue weighted by Gasteiger charge is 2.26. The summed E-state index contributed by atoms with van der Waals surface area (Å²) >= 11 is 5.55. The van der Waals surface area contributed by atoms with Crippen LogP contribution in [-0.4, -0.2) is 15.0 Å². The Kier molecular flexibility index (Phi) is 1.31. The van der Waals surface area contributed by atoms with E-state index in [1.165, 1.54) is 19.2 Å². The Morgan fingerprint density at radius 3 is 2.80 bits per heavy atom. The van der Waals surface area contributed by atoms with Gasteiger partial charge in [-0.3, -0.25) is 0 Å². The molecule has 1 heterocycles. The van der Waals surface area contributed by atoms with Crippen molar-refractivity contribution in [3.8, 4) is 0 Å². The Morgan fingerprint density at radius 2 is 2.20 bits per heavy atom. The summed E-state index contributed by atoms with van der Waals surface area (Å²) in [6.45, 7) is 0. The fourth-order valence-corrected chi connectivity index (χ4v) is 0.956. The van der Waals surface area contributed by atoms with Crippen LogP contribution in [0.3, 0.4) is 0 Å². The van der Waals surface area contributed by atoms with Gasteiger partial charge in [0.2, 0.25) is 5.28 Å². The normalized spacial score (nSPS) is 17.3. The third-order valence-corrected chi connectivity index (χ3v) is 1.69. The third kappa shape index (κ3) is 1.09. The molecule has 1 aliphatic carbocycles. The lowest BCUT2D eigenvalue weighted by Crippen LogP contribution is -1.93. The quantitative estimate of drug-likeness (QED) is 0.616. The summed E-state index contributed by atoms with van der Waals surface area (Å²) in [4.78, 5) is 11.7. The van der Waals surface area contributed by atoms with Crippen LogP contribution in [0.5, 0.6) is 0 Å². The predicted molar refractivity (Wildman–Crippen MR) is 36.8 cm³/mol. The molecule has 3 nitrogen and oxygen atoms in total. The summed E-state index contributed by atoms with van der Waals surface area (Å²) < 4.78 is 0. The lowest BCUT2D eigenvalue weighted by Gasteiger charge is -1.92. The van der Waals surface area contributed by atoms with E-state index in [1.54, 1.807) is 0 Å². The van der Waals surface area contributed by atoms with E-state index >= 15 is 0 Å². The van der Waals surface area contributed by atoms with Gasteiger partial charge in [-0.1, -0.05) is 0 Å². The Morgan fingerprint density at radius 1 is 1.40 bits per heavy atom. The molecule has 1 aliphatic rings. The lowest BCUT2D eigenvalue weighted by molar-refractivity contribution is 0.887. The molecule has 52 valence electrons. The first-order valence-corrected chi connectivity index (χ1v) is 3.58. The number of hydrogen-bond acceptors (Lipinski definition) is 3. The van der Waals surface area contributed by atoms with Crippen molar-refractivity contribution in [2.75, 3.05) is 0 Å². The highest BCUT2D eigenvalue weighted by Crippen LogP contribution is 2.37. The molecular weight excluding hydrogens is 150 g/mol. The van der Waals surface area contributed by atoms with Gasteiger partial charge < -0.3 is 0 Å². The number of nitrogens with zero attached hydrogens (tertiary/aromatic N) is 3. The van der Waals surface area contributed by atoms with E-state index < -0.39 is 0 Å². The standard InChI is InChI=1S/C6H6ClN3/c7-6-9-3-8-5(10-6)4-1-2-4/h3-4H,1-2H2. The highest BCUT2D eigenvalue weighted by atomic mass is 35.5. The number of rotatable bonds is 1. The molecule has 1 aromatic heterocycles. The van der Waals surface area contributed by atoms with Gasteiger partial charge in [0.25, 0.3) is 0 Å². The molecule has 0 unspecified atom stereocenters. The second kappa shape index (κ2) is 2.16. The van der Waals surface area contributed by atoms with Gasteiger partial charge in [-0.2, -0.15) is 0 Å². The Balaban J connectivity index is 2.32. The summed E-state index contributed by atoms with van der Waals surface area (Å²) in [5, 5.41) is 0.303. The molecule has 2 rings (SSSR count). The predicted octanol–water partition coefficient (Wildman–Crippen LogP) is 1.40. The molecule has 0 bridgehead atoms. The zero-order valence-electron chi connectivity index (χ0n) is 5.29. The van der Waals surface area contributed by atoms with Gasteiger partial charge in [-0.25, -0.2) is 15.0 Å². The van der Waals surface area contributed by atoms with Gasteiger partial charge >= 0.3 is 0 Å². The zero-order valence-corrected chi connectivity index (χ0v) is 6.04. The first kappa shape index (κ1) is 6.04. The molecule has 0 aromatic carbocycles. The van der Waals surface area contributed by atoms with Crippen LogP contribution in [0.2, 0.25) is 5.28 Å². The molecule has 1 saturated carbocycles. The largest absolute Gasteiger partial charge is 0.225 e. The molecular formula is C6H6ClN3. The monoisotopic (exact) mass is 155 g/mol. The Labute approximate surface area is 63.5 Å². The third-order valence-electron chi connectivity index (χ3n) is 1.50. The SMILES string of the molecule is Clc1ncnc(C2CC2)n1. The van der Waals surface area contributed by atoms with Gasteiger partial charge in [0.15, 0.2) is 0 Å². The van der Waals surface area contributed by atoms with E-state index in [-0.39, 0.29) is 0 Å². The van der Waals surface area contributed by atoms with Crippen LogP contribution in [0, 0.1) is 0 Å². The molecule has 0 amide bonds. The number of aromatic nitrogens is 3. The van der Waals surface area contributed by atoms with E-state index in [2.05, 4.69) is 15.0 Å². The summed E-state index contributed by atoms with van der Waals surface area (Å²) in [6.07, 6.45) is 3.85. The summed E-state index contributed by atoms with van der Waals surface area (Å²) in [5.74, 6) is 1.40. The second-order valence-corrected chi connectivity index (χ2v) is 2.73. The Hall–Kier alpha value is -0.700. The van der Waals surface area contributed by atoms with Gasteiger partial charge in [-0.15, -0.1) is 0 Å². The fourth-order valence-electron chi connectivity index (χ4n) is 0.826. The van der Waals surface area contributed by atoms with Crippen LogP contribution in [0.25, 0.3) is 0 Å². The molecule has 4 heteroatoms. The van der Waals surface area contributed by atoms with Gasteiger partial charge in [0.1, 0.15) is 12.2 Å². The van der Waals surface area contributed by atoms with Crippen molar-refractivity contribution in [3.05, 3.63) is 17.4 Å². The average Bonchev–Trinajstić information content (AvgIpc) is 2.68. The van der Waals surface area contributed by atoms with Crippen molar-refractivity contribution in [3.63, 3.8) is 0 Å². The molecule has 1 fully saturated rings. The van der Waals surface area contributed by atoms with Gasteiger partial charge in [0, 0.05) is 5.92 Å². The number of hydrogen-bond donors (Lipinski definition) is 0. The van der Waals surface area contributed by atoms with Gasteiger partial charge in [-0.05, 0) is 24.4 Å². The molecule has 0 aliphatic heterocycles. The minimum atomic E-state index is 0.303. The molecule has 0 atom stereocenters. The maximum atomic E-state index is 5.55. The smallest absolute Gasteiger partial charge is 0.221 e. The Bertz CT molecular complexity index is 247. The topological polar surface area (TPSA) is 38.7 Å². The van der Waals surface area contributed by atoms with Crippen LogP contribution in [0.1, 0.15) is 24.6 Å². The van der Waals surface area contributed by atoms with Crippen LogP contribution in [-0.2, 0) is 0 Å². The van der Waals surface area contributed by atoms with Crippen molar-refractivity contribution in [2.45, 2.75) is 18.8 Å². The first-order chi connectivity index (χ1) is 4.86. The minimum absolute atomic E-state index is 0.303. The molecule has 1 aromatic rings. The van der Waals surface area contributed by atoms with E-state index in [0.29, 0.717) is 11.2 Å². The van der Waals surface area contributed by atoms with Gasteiger partial charge in [0.05, 0.1) is 0 Å². The van der Waals surface area contributed by atoms with E-state index in [0.717, 1.165) is 5.82 Å². The molecule has 10 heavy (non-hydrogen) atoms. The highest BCUT2D eigenvalue weighted by molar-refractivity contribution is 6.28. The average molecular weight is 156 g/mol. The minimum Gasteiger partial charge on any atom is -0.221 e. The summed E-state index contributed by atoms with van der Waals surface area (Å²) in [6, 6.07) is 0. The number of halogens is 1. The maximum Gasteiger partial charge on any atom is 0.225 e. The molecule has 0 spiro atoms. The van der Waals surface area contributed by atoms with Crippen molar-refractivity contribution in [1.82, 2.24) is 15.0 Å². The second-order valence-electron chi connectivity index (χ2n) is 2.39. The summed E-state index contributed by atoms with van der Waals surface area (Å²) in [7, 11) is 0.